The molecule has 0 spiro atoms. The SMILES string of the molecule is CCCNC(CCc1cccs1)CC(C)(C)C. The Morgan fingerprint density at radius 2 is 2.12 bits per heavy atom. The molecule has 1 aromatic heterocycles. The van der Waals surface area contributed by atoms with E-state index in [1.54, 1.807) is 0 Å². The highest BCUT2D eigenvalue weighted by Gasteiger charge is 2.18. The van der Waals surface area contributed by atoms with Gasteiger partial charge in [0, 0.05) is 10.9 Å². The maximum absolute atomic E-state index is 3.69. The monoisotopic (exact) mass is 253 g/mol. The summed E-state index contributed by atoms with van der Waals surface area (Å²) in [6.07, 6.45) is 4.96. The van der Waals surface area contributed by atoms with E-state index in [1.807, 2.05) is 11.3 Å². The van der Waals surface area contributed by atoms with Gasteiger partial charge in [0.05, 0.1) is 0 Å². The molecule has 0 amide bonds. The maximum Gasteiger partial charge on any atom is 0.00754 e. The van der Waals surface area contributed by atoms with Gasteiger partial charge in [-0.3, -0.25) is 0 Å². The minimum atomic E-state index is 0.418. The number of hydrogen-bond acceptors (Lipinski definition) is 2. The van der Waals surface area contributed by atoms with E-state index in [4.69, 9.17) is 0 Å². The van der Waals surface area contributed by atoms with Crippen molar-refractivity contribution >= 4 is 11.3 Å². The number of hydrogen-bond donors (Lipinski definition) is 1. The number of aryl methyl sites for hydroxylation is 1. The average Bonchev–Trinajstić information content (AvgIpc) is 2.73. The lowest BCUT2D eigenvalue weighted by Gasteiger charge is -2.27. The lowest BCUT2D eigenvalue weighted by atomic mass is 9.86. The standard InChI is InChI=1S/C15H27NS/c1-5-10-16-13(12-15(2,3)4)8-9-14-7-6-11-17-14/h6-7,11,13,16H,5,8-10,12H2,1-4H3. The minimum Gasteiger partial charge on any atom is -0.314 e. The van der Waals surface area contributed by atoms with E-state index in [2.05, 4.69) is 50.5 Å². The first-order valence-electron chi connectivity index (χ1n) is 6.77. The van der Waals surface area contributed by atoms with Crippen LogP contribution in [0.25, 0.3) is 0 Å². The predicted molar refractivity (Wildman–Crippen MR) is 78.8 cm³/mol. The Labute approximate surface area is 111 Å². The Kier molecular flexibility index (Phi) is 6.21. The van der Waals surface area contributed by atoms with Gasteiger partial charge in [0.15, 0.2) is 0 Å². The van der Waals surface area contributed by atoms with E-state index in [-0.39, 0.29) is 0 Å². The Hall–Kier alpha value is -0.340. The van der Waals surface area contributed by atoms with Crippen LogP contribution >= 0.6 is 11.3 Å². The van der Waals surface area contributed by atoms with Gasteiger partial charge in [0.2, 0.25) is 0 Å². The molecule has 1 nitrogen and oxygen atoms in total. The van der Waals surface area contributed by atoms with Crippen LogP contribution < -0.4 is 5.32 Å². The van der Waals surface area contributed by atoms with Crippen molar-refractivity contribution in [3.8, 4) is 0 Å². The van der Waals surface area contributed by atoms with Gasteiger partial charge in [-0.25, -0.2) is 0 Å². The molecular formula is C15H27NS. The third kappa shape index (κ3) is 6.85. The van der Waals surface area contributed by atoms with Crippen LogP contribution in [0.3, 0.4) is 0 Å². The van der Waals surface area contributed by atoms with Crippen LogP contribution in [-0.2, 0) is 6.42 Å². The van der Waals surface area contributed by atoms with Crippen LogP contribution in [-0.4, -0.2) is 12.6 Å². The molecule has 1 unspecified atom stereocenters. The summed E-state index contributed by atoms with van der Waals surface area (Å²) in [4.78, 5) is 1.52. The first-order chi connectivity index (χ1) is 8.01. The van der Waals surface area contributed by atoms with Gasteiger partial charge in [0.1, 0.15) is 0 Å². The summed E-state index contributed by atoms with van der Waals surface area (Å²) in [5, 5.41) is 5.87. The maximum atomic E-state index is 3.69. The third-order valence-electron chi connectivity index (χ3n) is 2.86. The second-order valence-corrected chi connectivity index (χ2v) is 7.07. The Bertz CT molecular complexity index is 284. The second kappa shape index (κ2) is 7.17. The van der Waals surface area contributed by atoms with E-state index in [0.717, 1.165) is 6.54 Å². The molecule has 0 radical (unpaired) electrons. The zero-order valence-electron chi connectivity index (χ0n) is 11.8. The lowest BCUT2D eigenvalue weighted by Crippen LogP contribution is -2.33. The summed E-state index contributed by atoms with van der Waals surface area (Å²) in [7, 11) is 0. The fourth-order valence-corrected chi connectivity index (χ4v) is 2.86. The highest BCUT2D eigenvalue weighted by molar-refractivity contribution is 7.09. The van der Waals surface area contributed by atoms with E-state index in [1.165, 1.54) is 30.6 Å². The third-order valence-corrected chi connectivity index (χ3v) is 3.80. The molecule has 0 saturated heterocycles. The van der Waals surface area contributed by atoms with Crippen LogP contribution in [0.15, 0.2) is 17.5 Å². The molecule has 1 atom stereocenters. The van der Waals surface area contributed by atoms with Gasteiger partial charge in [0.25, 0.3) is 0 Å². The summed E-state index contributed by atoms with van der Waals surface area (Å²) in [6, 6.07) is 5.06. The smallest absolute Gasteiger partial charge is 0.00754 e. The van der Waals surface area contributed by atoms with Crippen LogP contribution in [0.2, 0.25) is 0 Å². The first kappa shape index (κ1) is 14.7. The quantitative estimate of drug-likeness (QED) is 0.755. The van der Waals surface area contributed by atoms with Crippen LogP contribution in [0.4, 0.5) is 0 Å². The normalized spacial score (nSPS) is 13.9. The summed E-state index contributed by atoms with van der Waals surface area (Å²) < 4.78 is 0. The van der Waals surface area contributed by atoms with Gasteiger partial charge in [-0.05, 0) is 49.1 Å². The minimum absolute atomic E-state index is 0.418. The molecule has 2 heteroatoms. The molecule has 0 fully saturated rings. The second-order valence-electron chi connectivity index (χ2n) is 6.03. The molecule has 98 valence electrons. The van der Waals surface area contributed by atoms with E-state index in [0.29, 0.717) is 11.5 Å². The van der Waals surface area contributed by atoms with Crippen molar-refractivity contribution in [1.29, 1.82) is 0 Å². The summed E-state index contributed by atoms with van der Waals surface area (Å²) >= 11 is 1.88. The summed E-state index contributed by atoms with van der Waals surface area (Å²) in [5.41, 5.74) is 0.418. The Morgan fingerprint density at radius 3 is 2.65 bits per heavy atom. The lowest BCUT2D eigenvalue weighted by molar-refractivity contribution is 0.298. The molecule has 0 aliphatic carbocycles. The molecule has 0 bridgehead atoms. The molecular weight excluding hydrogens is 226 g/mol. The van der Waals surface area contributed by atoms with Crippen molar-refractivity contribution in [3.05, 3.63) is 22.4 Å². The zero-order chi connectivity index (χ0) is 12.7. The van der Waals surface area contributed by atoms with Crippen LogP contribution in [0.1, 0.15) is 51.8 Å². The molecule has 0 aliphatic rings. The van der Waals surface area contributed by atoms with E-state index < -0.39 is 0 Å². The van der Waals surface area contributed by atoms with Crippen molar-refractivity contribution in [2.24, 2.45) is 5.41 Å². The highest BCUT2D eigenvalue weighted by Crippen LogP contribution is 2.23. The Balaban J connectivity index is 2.39. The van der Waals surface area contributed by atoms with Gasteiger partial charge in [-0.1, -0.05) is 33.8 Å². The predicted octanol–water partition coefficient (Wildman–Crippen LogP) is 4.49. The van der Waals surface area contributed by atoms with Crippen molar-refractivity contribution < 1.29 is 0 Å². The van der Waals surface area contributed by atoms with E-state index >= 15 is 0 Å². The van der Waals surface area contributed by atoms with Gasteiger partial charge < -0.3 is 5.32 Å². The van der Waals surface area contributed by atoms with Crippen molar-refractivity contribution in [1.82, 2.24) is 5.32 Å². The molecule has 1 N–H and O–H groups in total. The molecule has 1 rings (SSSR count). The summed E-state index contributed by atoms with van der Waals surface area (Å²) in [6.45, 7) is 10.4. The molecule has 17 heavy (non-hydrogen) atoms. The van der Waals surface area contributed by atoms with Gasteiger partial charge in [-0.2, -0.15) is 0 Å². The zero-order valence-corrected chi connectivity index (χ0v) is 12.6. The van der Waals surface area contributed by atoms with Gasteiger partial charge in [-0.15, -0.1) is 11.3 Å². The van der Waals surface area contributed by atoms with Crippen molar-refractivity contribution in [2.45, 2.75) is 59.4 Å². The van der Waals surface area contributed by atoms with Crippen molar-refractivity contribution in [3.63, 3.8) is 0 Å². The highest BCUT2D eigenvalue weighted by atomic mass is 32.1. The van der Waals surface area contributed by atoms with E-state index in [9.17, 15) is 0 Å². The topological polar surface area (TPSA) is 12.0 Å². The van der Waals surface area contributed by atoms with Crippen LogP contribution in [0.5, 0.6) is 0 Å². The summed E-state index contributed by atoms with van der Waals surface area (Å²) in [5.74, 6) is 0. The Morgan fingerprint density at radius 1 is 1.35 bits per heavy atom. The number of thiophene rings is 1. The molecule has 1 heterocycles. The first-order valence-corrected chi connectivity index (χ1v) is 7.65. The molecule has 1 aromatic rings. The molecule has 0 aromatic carbocycles. The molecule has 0 saturated carbocycles. The van der Waals surface area contributed by atoms with Crippen LogP contribution in [0, 0.1) is 5.41 Å². The fourth-order valence-electron chi connectivity index (χ4n) is 2.14. The average molecular weight is 253 g/mol. The molecule has 0 aliphatic heterocycles. The number of rotatable bonds is 7. The largest absolute Gasteiger partial charge is 0.314 e. The fraction of sp³-hybridized carbons (Fsp3) is 0.733. The van der Waals surface area contributed by atoms with Gasteiger partial charge >= 0.3 is 0 Å². The van der Waals surface area contributed by atoms with Crippen molar-refractivity contribution in [2.75, 3.05) is 6.54 Å². The number of nitrogens with one attached hydrogen (secondary N) is 1.